The maximum absolute atomic E-state index is 11.8. The summed E-state index contributed by atoms with van der Waals surface area (Å²) in [5.41, 5.74) is 0. The van der Waals surface area contributed by atoms with Gasteiger partial charge >= 0.3 is 0 Å². The molecule has 1 heterocycles. The minimum atomic E-state index is -0.471. The van der Waals surface area contributed by atoms with Crippen molar-refractivity contribution in [3.63, 3.8) is 0 Å². The number of nitroso groups, excluding NO2 is 1. The Bertz CT molecular complexity index is 391. The number of nitrogens with zero attached hydrogens (tertiary/aromatic N) is 2. The summed E-state index contributed by atoms with van der Waals surface area (Å²) in [6.45, 7) is 3.89. The molecule has 2 aliphatic rings. The smallest absolute Gasteiger partial charge is 0.255 e. The van der Waals surface area contributed by atoms with Gasteiger partial charge in [-0.25, -0.2) is 0 Å². The minimum absolute atomic E-state index is 0.00852. The molecule has 5 nitrogen and oxygen atoms in total. The Labute approximate surface area is 99.8 Å². The second-order valence-corrected chi connectivity index (χ2v) is 5.04. The van der Waals surface area contributed by atoms with E-state index in [4.69, 9.17) is 0 Å². The highest BCUT2D eigenvalue weighted by Crippen LogP contribution is 2.38. The Balaban J connectivity index is 2.16. The van der Waals surface area contributed by atoms with Crippen LogP contribution in [0.4, 0.5) is 0 Å². The molecule has 0 aromatic heterocycles. The number of rotatable bonds is 2. The van der Waals surface area contributed by atoms with E-state index in [-0.39, 0.29) is 24.2 Å². The van der Waals surface area contributed by atoms with E-state index in [0.717, 1.165) is 6.42 Å². The van der Waals surface area contributed by atoms with Gasteiger partial charge in [-0.1, -0.05) is 26.0 Å². The minimum Gasteiger partial charge on any atom is -0.272 e. The molecule has 0 spiro atoms. The first-order valence-electron chi connectivity index (χ1n) is 5.93. The monoisotopic (exact) mass is 236 g/mol. The van der Waals surface area contributed by atoms with Crippen molar-refractivity contribution < 1.29 is 9.59 Å². The van der Waals surface area contributed by atoms with Crippen LogP contribution in [0.2, 0.25) is 0 Å². The van der Waals surface area contributed by atoms with E-state index in [1.807, 2.05) is 0 Å². The Kier molecular flexibility index (Phi) is 3.09. The van der Waals surface area contributed by atoms with Gasteiger partial charge in [0.15, 0.2) is 0 Å². The number of amides is 2. The molecular formula is C12H16N2O3. The molecule has 1 aliphatic carbocycles. The van der Waals surface area contributed by atoms with Crippen molar-refractivity contribution in [3.8, 4) is 0 Å². The fraction of sp³-hybridized carbons (Fsp3) is 0.667. The van der Waals surface area contributed by atoms with Crippen LogP contribution >= 0.6 is 0 Å². The van der Waals surface area contributed by atoms with Crippen LogP contribution in [0.5, 0.6) is 0 Å². The molecule has 0 aromatic rings. The third-order valence-electron chi connectivity index (χ3n) is 3.85. The Morgan fingerprint density at radius 2 is 2.00 bits per heavy atom. The molecule has 0 N–H and O–H groups in total. The summed E-state index contributed by atoms with van der Waals surface area (Å²) in [7, 11) is 0. The van der Waals surface area contributed by atoms with Crippen LogP contribution in [-0.4, -0.2) is 16.8 Å². The first-order valence-corrected chi connectivity index (χ1v) is 5.93. The second kappa shape index (κ2) is 4.39. The van der Waals surface area contributed by atoms with E-state index in [1.54, 1.807) is 6.92 Å². The zero-order valence-corrected chi connectivity index (χ0v) is 10.00. The van der Waals surface area contributed by atoms with Crippen LogP contribution in [0.3, 0.4) is 0 Å². The molecule has 1 saturated heterocycles. The highest BCUT2D eigenvalue weighted by molar-refractivity contribution is 5.98. The Morgan fingerprint density at radius 1 is 1.29 bits per heavy atom. The number of carbonyl (C=O) groups excluding carboxylic acids is 2. The summed E-state index contributed by atoms with van der Waals surface area (Å²) < 4.78 is 0. The Hall–Kier alpha value is -1.52. The lowest BCUT2D eigenvalue weighted by Gasteiger charge is -2.33. The number of hydrogen-bond donors (Lipinski definition) is 0. The van der Waals surface area contributed by atoms with Gasteiger partial charge < -0.3 is 0 Å². The number of carbonyl (C=O) groups is 2. The molecule has 0 radical (unpaired) electrons. The zero-order chi connectivity index (χ0) is 12.6. The summed E-state index contributed by atoms with van der Waals surface area (Å²) in [4.78, 5) is 33.8. The Morgan fingerprint density at radius 3 is 2.53 bits per heavy atom. The van der Waals surface area contributed by atoms with E-state index >= 15 is 0 Å². The zero-order valence-electron chi connectivity index (χ0n) is 10.00. The van der Waals surface area contributed by atoms with Crippen LogP contribution in [-0.2, 0) is 9.59 Å². The summed E-state index contributed by atoms with van der Waals surface area (Å²) in [5.74, 6) is -0.476. The van der Waals surface area contributed by atoms with Crippen molar-refractivity contribution in [3.05, 3.63) is 17.1 Å². The van der Waals surface area contributed by atoms with E-state index in [1.165, 1.54) is 0 Å². The molecule has 1 aliphatic heterocycles. The van der Waals surface area contributed by atoms with E-state index in [2.05, 4.69) is 24.4 Å². The van der Waals surface area contributed by atoms with Crippen molar-refractivity contribution in [2.75, 3.05) is 0 Å². The van der Waals surface area contributed by atoms with E-state index < -0.39 is 11.8 Å². The van der Waals surface area contributed by atoms with Gasteiger partial charge in [0.1, 0.15) is 0 Å². The number of piperidine rings is 1. The number of hydrogen-bond acceptors (Lipinski definition) is 4. The van der Waals surface area contributed by atoms with Crippen LogP contribution in [0.25, 0.3) is 0 Å². The van der Waals surface area contributed by atoms with Gasteiger partial charge in [0.2, 0.25) is 0 Å². The summed E-state index contributed by atoms with van der Waals surface area (Å²) in [6.07, 6.45) is 5.43. The first-order chi connectivity index (χ1) is 8.04. The molecule has 0 saturated carbocycles. The first kappa shape index (κ1) is 12.0. The summed E-state index contributed by atoms with van der Waals surface area (Å²) >= 11 is 0. The lowest BCUT2D eigenvalue weighted by atomic mass is 9.76. The highest BCUT2D eigenvalue weighted by atomic mass is 16.3. The molecule has 0 bridgehead atoms. The maximum Gasteiger partial charge on any atom is 0.255 e. The molecule has 2 amide bonds. The van der Waals surface area contributed by atoms with Gasteiger partial charge in [0, 0.05) is 12.3 Å². The van der Waals surface area contributed by atoms with Crippen LogP contribution in [0.1, 0.15) is 26.7 Å². The van der Waals surface area contributed by atoms with Gasteiger partial charge in [-0.2, -0.15) is 0 Å². The van der Waals surface area contributed by atoms with Gasteiger partial charge in [-0.3, -0.25) is 9.59 Å². The number of allylic oxidation sites excluding steroid dienone is 2. The van der Waals surface area contributed by atoms with Gasteiger partial charge in [-0.15, -0.1) is 9.92 Å². The van der Waals surface area contributed by atoms with Crippen LogP contribution in [0, 0.1) is 28.6 Å². The SMILES string of the molecule is CC1C=CC(C2CC(=O)N(N=O)C(=O)C2C)C1. The highest BCUT2D eigenvalue weighted by Gasteiger charge is 2.43. The van der Waals surface area contributed by atoms with E-state index in [0.29, 0.717) is 10.9 Å². The molecule has 92 valence electrons. The standard InChI is InChI=1S/C12H16N2O3/c1-7-3-4-9(5-7)10-6-11(15)14(13-17)12(16)8(10)2/h3-4,7-10H,5-6H2,1-2H3. The van der Waals surface area contributed by atoms with Crippen molar-refractivity contribution in [1.29, 1.82) is 0 Å². The maximum atomic E-state index is 11.8. The van der Waals surface area contributed by atoms with Crippen molar-refractivity contribution in [2.24, 2.45) is 29.0 Å². The third-order valence-corrected chi connectivity index (χ3v) is 3.85. The molecule has 1 fully saturated rings. The lowest BCUT2D eigenvalue weighted by Crippen LogP contribution is -2.46. The second-order valence-electron chi connectivity index (χ2n) is 5.04. The molecular weight excluding hydrogens is 220 g/mol. The number of imide groups is 1. The van der Waals surface area contributed by atoms with Gasteiger partial charge in [-0.05, 0) is 24.2 Å². The van der Waals surface area contributed by atoms with Crippen molar-refractivity contribution >= 4 is 11.8 Å². The van der Waals surface area contributed by atoms with Crippen LogP contribution in [0.15, 0.2) is 17.4 Å². The fourth-order valence-corrected chi connectivity index (χ4v) is 2.81. The van der Waals surface area contributed by atoms with E-state index in [9.17, 15) is 14.5 Å². The predicted octanol–water partition coefficient (Wildman–Crippen LogP) is 1.89. The summed E-state index contributed by atoms with van der Waals surface area (Å²) in [6, 6.07) is 0. The van der Waals surface area contributed by atoms with Crippen molar-refractivity contribution in [2.45, 2.75) is 26.7 Å². The average Bonchev–Trinajstić information content (AvgIpc) is 2.71. The topological polar surface area (TPSA) is 66.8 Å². The third kappa shape index (κ3) is 2.01. The van der Waals surface area contributed by atoms with Crippen molar-refractivity contribution in [1.82, 2.24) is 5.01 Å². The fourth-order valence-electron chi connectivity index (χ4n) is 2.81. The molecule has 0 aromatic carbocycles. The molecule has 2 rings (SSSR count). The average molecular weight is 236 g/mol. The van der Waals surface area contributed by atoms with Crippen LogP contribution < -0.4 is 0 Å². The summed E-state index contributed by atoms with van der Waals surface area (Å²) in [5, 5.41) is 2.98. The van der Waals surface area contributed by atoms with Gasteiger partial charge in [0.05, 0.1) is 5.29 Å². The molecule has 4 atom stereocenters. The largest absolute Gasteiger partial charge is 0.272 e. The quantitative estimate of drug-likeness (QED) is 0.417. The predicted molar refractivity (Wildman–Crippen MR) is 61.3 cm³/mol. The molecule has 5 heteroatoms. The van der Waals surface area contributed by atoms with Gasteiger partial charge in [0.25, 0.3) is 11.8 Å². The lowest BCUT2D eigenvalue weighted by molar-refractivity contribution is -0.155. The molecule has 4 unspecified atom stereocenters. The molecule has 17 heavy (non-hydrogen) atoms. The normalized spacial score (nSPS) is 37.6.